The second-order valence-corrected chi connectivity index (χ2v) is 6.93. The first kappa shape index (κ1) is 18.1. The zero-order valence-electron chi connectivity index (χ0n) is 15.1. The van der Waals surface area contributed by atoms with Crippen molar-refractivity contribution in [1.29, 1.82) is 0 Å². The lowest BCUT2D eigenvalue weighted by atomic mass is 10.1. The smallest absolute Gasteiger partial charge is 0.277 e. The third-order valence-corrected chi connectivity index (χ3v) is 4.90. The lowest BCUT2D eigenvalue weighted by molar-refractivity contribution is -0.113. The first-order valence-corrected chi connectivity index (χ1v) is 9.59. The van der Waals surface area contributed by atoms with Gasteiger partial charge >= 0.3 is 0 Å². The topological polar surface area (TPSA) is 77.2 Å². The van der Waals surface area contributed by atoms with E-state index in [1.807, 2.05) is 48.5 Å². The summed E-state index contributed by atoms with van der Waals surface area (Å²) in [6.07, 6.45) is 0. The summed E-state index contributed by atoms with van der Waals surface area (Å²) in [6, 6.07) is 21.2. The van der Waals surface area contributed by atoms with Crippen LogP contribution in [0.15, 0.2) is 76.4 Å². The number of hydrogen-bond acceptors (Lipinski definition) is 6. The number of hydrogen-bond donors (Lipinski definition) is 1. The molecule has 0 saturated carbocycles. The van der Waals surface area contributed by atoms with Crippen LogP contribution in [0.4, 0.5) is 5.69 Å². The Balaban J connectivity index is 1.39. The van der Waals surface area contributed by atoms with Crippen molar-refractivity contribution in [3.63, 3.8) is 0 Å². The molecule has 1 amide bonds. The van der Waals surface area contributed by atoms with Gasteiger partial charge in [-0.15, -0.1) is 10.2 Å². The molecule has 7 heteroatoms. The van der Waals surface area contributed by atoms with Crippen molar-refractivity contribution in [1.82, 2.24) is 10.2 Å². The van der Waals surface area contributed by atoms with Crippen molar-refractivity contribution in [2.75, 3.05) is 18.2 Å². The van der Waals surface area contributed by atoms with Gasteiger partial charge in [-0.05, 0) is 35.0 Å². The Kier molecular flexibility index (Phi) is 5.25. The largest absolute Gasteiger partial charge is 0.497 e. The molecule has 140 valence electrons. The second-order valence-electron chi connectivity index (χ2n) is 6.00. The molecule has 28 heavy (non-hydrogen) atoms. The van der Waals surface area contributed by atoms with Gasteiger partial charge in [0.15, 0.2) is 0 Å². The number of anilines is 1. The lowest BCUT2D eigenvalue weighted by Crippen LogP contribution is -2.13. The number of methoxy groups -OCH3 is 1. The number of nitrogens with one attached hydrogen (secondary N) is 1. The van der Waals surface area contributed by atoms with Crippen LogP contribution in [-0.4, -0.2) is 29.0 Å². The summed E-state index contributed by atoms with van der Waals surface area (Å²) >= 11 is 1.19. The summed E-state index contributed by atoms with van der Waals surface area (Å²) in [6.45, 7) is 0. The van der Waals surface area contributed by atoms with Crippen LogP contribution in [0, 0.1) is 0 Å². The van der Waals surface area contributed by atoms with Crippen molar-refractivity contribution < 1.29 is 13.9 Å². The number of carbonyl (C=O) groups excluding carboxylic acids is 1. The molecule has 0 aliphatic rings. The fraction of sp³-hybridized carbons (Fsp3) is 0.0952. The van der Waals surface area contributed by atoms with E-state index in [1.54, 1.807) is 19.2 Å². The predicted octanol–water partition coefficient (Wildman–Crippen LogP) is 4.63. The molecule has 1 heterocycles. The minimum atomic E-state index is -0.163. The van der Waals surface area contributed by atoms with Gasteiger partial charge in [0.05, 0.1) is 12.9 Å². The first-order valence-electron chi connectivity index (χ1n) is 8.61. The number of benzene rings is 3. The van der Waals surface area contributed by atoms with Crippen LogP contribution in [0.3, 0.4) is 0 Å². The minimum Gasteiger partial charge on any atom is -0.497 e. The Morgan fingerprint density at radius 3 is 2.75 bits per heavy atom. The molecule has 0 bridgehead atoms. The van der Waals surface area contributed by atoms with E-state index in [1.165, 1.54) is 11.8 Å². The molecular formula is C21H17N3O3S. The van der Waals surface area contributed by atoms with Crippen molar-refractivity contribution in [2.45, 2.75) is 5.22 Å². The van der Waals surface area contributed by atoms with Crippen molar-refractivity contribution in [3.05, 3.63) is 66.7 Å². The van der Waals surface area contributed by atoms with Crippen LogP contribution < -0.4 is 10.1 Å². The highest BCUT2D eigenvalue weighted by Gasteiger charge is 2.12. The zero-order chi connectivity index (χ0) is 19.3. The van der Waals surface area contributed by atoms with E-state index in [0.29, 0.717) is 22.6 Å². The van der Waals surface area contributed by atoms with E-state index in [0.717, 1.165) is 16.3 Å². The Morgan fingerprint density at radius 1 is 1.04 bits per heavy atom. The van der Waals surface area contributed by atoms with E-state index in [-0.39, 0.29) is 11.7 Å². The quantitative estimate of drug-likeness (QED) is 0.483. The van der Waals surface area contributed by atoms with Gasteiger partial charge in [-0.2, -0.15) is 0 Å². The van der Waals surface area contributed by atoms with E-state index >= 15 is 0 Å². The van der Waals surface area contributed by atoms with Gasteiger partial charge in [0.1, 0.15) is 5.75 Å². The summed E-state index contributed by atoms with van der Waals surface area (Å²) in [5, 5.41) is 13.5. The Morgan fingerprint density at radius 2 is 1.89 bits per heavy atom. The maximum atomic E-state index is 12.1. The molecule has 0 atom stereocenters. The fourth-order valence-corrected chi connectivity index (χ4v) is 3.30. The minimum absolute atomic E-state index is 0.163. The summed E-state index contributed by atoms with van der Waals surface area (Å²) in [7, 11) is 1.58. The van der Waals surface area contributed by atoms with Crippen LogP contribution >= 0.6 is 11.8 Å². The fourth-order valence-electron chi connectivity index (χ4n) is 2.73. The van der Waals surface area contributed by atoms with Gasteiger partial charge in [-0.3, -0.25) is 4.79 Å². The molecule has 0 spiro atoms. The number of nitrogens with zero attached hydrogens (tertiary/aromatic N) is 2. The number of ether oxygens (including phenoxy) is 1. The summed E-state index contributed by atoms with van der Waals surface area (Å²) in [5.41, 5.74) is 1.52. The van der Waals surface area contributed by atoms with Gasteiger partial charge < -0.3 is 14.5 Å². The molecule has 4 rings (SSSR count). The average molecular weight is 391 g/mol. The van der Waals surface area contributed by atoms with Crippen LogP contribution in [0.25, 0.3) is 22.2 Å². The molecule has 6 nitrogen and oxygen atoms in total. The Labute approximate surface area is 165 Å². The molecule has 0 unspecified atom stereocenters. The summed E-state index contributed by atoms with van der Waals surface area (Å²) in [5.74, 6) is 1.11. The third-order valence-electron chi connectivity index (χ3n) is 4.08. The molecule has 0 aliphatic heterocycles. The summed E-state index contributed by atoms with van der Waals surface area (Å²) in [4.78, 5) is 12.1. The monoisotopic (exact) mass is 391 g/mol. The highest BCUT2D eigenvalue weighted by molar-refractivity contribution is 7.99. The SMILES string of the molecule is COc1cccc(NC(=O)CSc2nnc(-c3ccc4ccccc4c3)o2)c1. The van der Waals surface area contributed by atoms with Crippen molar-refractivity contribution >= 4 is 34.1 Å². The van der Waals surface area contributed by atoms with E-state index in [9.17, 15) is 4.79 Å². The summed E-state index contributed by atoms with van der Waals surface area (Å²) < 4.78 is 10.8. The van der Waals surface area contributed by atoms with E-state index in [4.69, 9.17) is 9.15 Å². The number of amides is 1. The Bertz CT molecular complexity index is 1130. The molecule has 0 fully saturated rings. The molecule has 3 aromatic carbocycles. The maximum absolute atomic E-state index is 12.1. The predicted molar refractivity (Wildman–Crippen MR) is 110 cm³/mol. The van der Waals surface area contributed by atoms with Gasteiger partial charge in [0.2, 0.25) is 11.8 Å². The normalized spacial score (nSPS) is 10.8. The third kappa shape index (κ3) is 4.15. The number of carbonyl (C=O) groups is 1. The zero-order valence-corrected chi connectivity index (χ0v) is 15.9. The highest BCUT2D eigenvalue weighted by atomic mass is 32.2. The van der Waals surface area contributed by atoms with Crippen LogP contribution in [-0.2, 0) is 4.79 Å². The second kappa shape index (κ2) is 8.14. The highest BCUT2D eigenvalue weighted by Crippen LogP contribution is 2.26. The van der Waals surface area contributed by atoms with E-state index < -0.39 is 0 Å². The van der Waals surface area contributed by atoms with Crippen molar-refractivity contribution in [3.8, 4) is 17.2 Å². The van der Waals surface area contributed by atoms with Gasteiger partial charge in [-0.1, -0.05) is 48.2 Å². The van der Waals surface area contributed by atoms with Gasteiger partial charge in [-0.25, -0.2) is 0 Å². The van der Waals surface area contributed by atoms with Crippen LogP contribution in [0.1, 0.15) is 0 Å². The first-order chi connectivity index (χ1) is 13.7. The maximum Gasteiger partial charge on any atom is 0.277 e. The Hall–Kier alpha value is -3.32. The molecule has 0 saturated heterocycles. The van der Waals surface area contributed by atoms with Gasteiger partial charge in [0, 0.05) is 17.3 Å². The van der Waals surface area contributed by atoms with Crippen LogP contribution in [0.5, 0.6) is 5.75 Å². The molecule has 1 N–H and O–H groups in total. The van der Waals surface area contributed by atoms with E-state index in [2.05, 4.69) is 21.6 Å². The molecule has 0 aliphatic carbocycles. The number of aromatic nitrogens is 2. The lowest BCUT2D eigenvalue weighted by Gasteiger charge is -2.05. The van der Waals surface area contributed by atoms with Crippen molar-refractivity contribution in [2.24, 2.45) is 0 Å². The molecule has 1 aromatic heterocycles. The molecule has 4 aromatic rings. The number of fused-ring (bicyclic) bond motifs is 1. The standard InChI is InChI=1S/C21H17N3O3S/c1-26-18-8-4-7-17(12-18)22-19(25)13-28-21-24-23-20(27-21)16-10-9-14-5-2-3-6-15(14)11-16/h2-12H,13H2,1H3,(H,22,25). The number of thioether (sulfide) groups is 1. The molecular weight excluding hydrogens is 374 g/mol. The average Bonchev–Trinajstić information content (AvgIpc) is 3.21. The molecule has 0 radical (unpaired) electrons. The number of rotatable bonds is 6. The van der Waals surface area contributed by atoms with Crippen LogP contribution in [0.2, 0.25) is 0 Å². The van der Waals surface area contributed by atoms with Gasteiger partial charge in [0.25, 0.3) is 5.22 Å².